The topological polar surface area (TPSA) is 56.7 Å². The van der Waals surface area contributed by atoms with Gasteiger partial charge in [-0.15, -0.1) is 11.3 Å². The monoisotopic (exact) mass is 281 g/mol. The highest BCUT2D eigenvalue weighted by atomic mass is 32.1. The largest absolute Gasteiger partial charge is 0.478 e. The van der Waals surface area contributed by atoms with Gasteiger partial charge < -0.3 is 10.0 Å². The van der Waals surface area contributed by atoms with Crippen LogP contribution in [0.5, 0.6) is 0 Å². The maximum Gasteiger partial charge on any atom is 0.328 e. The molecule has 0 aliphatic carbocycles. The standard InChI is InChI=1S/C13H19N3O2S/c1-2-15-5-7-16(8-6-15)10-12-14-9-11(19-12)3-4-13(17)18/h3-4,9H,2,5-8,10H2,1H3,(H,17,18)/b4-3+. The third-order valence-electron chi connectivity index (χ3n) is 3.23. The molecule has 2 heterocycles. The van der Waals surface area contributed by atoms with E-state index in [9.17, 15) is 4.79 Å². The summed E-state index contributed by atoms with van der Waals surface area (Å²) in [6.45, 7) is 8.57. The van der Waals surface area contributed by atoms with E-state index in [1.807, 2.05) is 0 Å². The lowest BCUT2D eigenvalue weighted by molar-refractivity contribution is -0.131. The number of likely N-dealkylation sites (N-methyl/N-ethyl adjacent to an activating group) is 1. The van der Waals surface area contributed by atoms with Crippen LogP contribution >= 0.6 is 11.3 Å². The number of nitrogens with zero attached hydrogens (tertiary/aromatic N) is 3. The molecule has 1 aromatic heterocycles. The molecule has 0 saturated carbocycles. The van der Waals surface area contributed by atoms with Crippen molar-refractivity contribution < 1.29 is 9.90 Å². The molecule has 1 aliphatic heterocycles. The van der Waals surface area contributed by atoms with Crippen molar-refractivity contribution in [2.45, 2.75) is 13.5 Å². The predicted molar refractivity (Wildman–Crippen MR) is 76.2 cm³/mol. The molecule has 104 valence electrons. The number of hydrogen-bond donors (Lipinski definition) is 1. The highest BCUT2D eigenvalue weighted by Gasteiger charge is 2.16. The zero-order chi connectivity index (χ0) is 13.7. The summed E-state index contributed by atoms with van der Waals surface area (Å²) >= 11 is 1.56. The van der Waals surface area contributed by atoms with E-state index < -0.39 is 5.97 Å². The van der Waals surface area contributed by atoms with Crippen LogP contribution in [0.15, 0.2) is 12.3 Å². The molecule has 0 bridgehead atoms. The quantitative estimate of drug-likeness (QED) is 0.826. The van der Waals surface area contributed by atoms with Crippen molar-refractivity contribution in [1.82, 2.24) is 14.8 Å². The number of carbonyl (C=O) groups is 1. The number of carboxylic acids is 1. The second-order valence-corrected chi connectivity index (χ2v) is 5.69. The Hall–Kier alpha value is -1.24. The summed E-state index contributed by atoms with van der Waals surface area (Å²) in [5.41, 5.74) is 0. The lowest BCUT2D eigenvalue weighted by Crippen LogP contribution is -2.45. The summed E-state index contributed by atoms with van der Waals surface area (Å²) in [6, 6.07) is 0. The van der Waals surface area contributed by atoms with Crippen LogP contribution in [0.25, 0.3) is 6.08 Å². The van der Waals surface area contributed by atoms with E-state index in [2.05, 4.69) is 21.7 Å². The maximum atomic E-state index is 10.4. The number of carboxylic acid groups (broad SMARTS) is 1. The highest BCUT2D eigenvalue weighted by Crippen LogP contribution is 2.17. The Bertz CT molecular complexity index is 450. The van der Waals surface area contributed by atoms with Crippen LogP contribution in [-0.2, 0) is 11.3 Å². The van der Waals surface area contributed by atoms with Crippen LogP contribution in [0.1, 0.15) is 16.8 Å². The molecule has 19 heavy (non-hydrogen) atoms. The van der Waals surface area contributed by atoms with E-state index in [1.54, 1.807) is 23.6 Å². The molecule has 1 aromatic rings. The first-order chi connectivity index (χ1) is 9.17. The van der Waals surface area contributed by atoms with Crippen LogP contribution < -0.4 is 0 Å². The summed E-state index contributed by atoms with van der Waals surface area (Å²) in [5.74, 6) is -0.925. The molecule has 1 fully saturated rings. The fourth-order valence-corrected chi connectivity index (χ4v) is 2.95. The molecule has 0 radical (unpaired) electrons. The normalized spacial score (nSPS) is 18.2. The van der Waals surface area contributed by atoms with Gasteiger partial charge in [0.1, 0.15) is 5.01 Å². The number of aliphatic carboxylic acids is 1. The zero-order valence-electron chi connectivity index (χ0n) is 11.1. The van der Waals surface area contributed by atoms with Gasteiger partial charge in [-0.1, -0.05) is 6.92 Å². The first kappa shape index (κ1) is 14.2. The van der Waals surface area contributed by atoms with Gasteiger partial charge in [0, 0.05) is 43.3 Å². The SMILES string of the molecule is CCN1CCN(Cc2ncc(/C=C/C(=O)O)s2)CC1. The Balaban J connectivity index is 1.85. The van der Waals surface area contributed by atoms with Crippen molar-refractivity contribution in [3.63, 3.8) is 0 Å². The molecule has 1 saturated heterocycles. The van der Waals surface area contributed by atoms with Crippen molar-refractivity contribution in [3.05, 3.63) is 22.2 Å². The lowest BCUT2D eigenvalue weighted by Gasteiger charge is -2.33. The summed E-state index contributed by atoms with van der Waals surface area (Å²) in [5, 5.41) is 9.63. The Morgan fingerprint density at radius 2 is 2.11 bits per heavy atom. The van der Waals surface area contributed by atoms with Crippen molar-refractivity contribution in [3.8, 4) is 0 Å². The summed E-state index contributed by atoms with van der Waals surface area (Å²) in [6.07, 6.45) is 4.48. The van der Waals surface area contributed by atoms with Crippen molar-refractivity contribution in [2.24, 2.45) is 0 Å². The van der Waals surface area contributed by atoms with E-state index in [-0.39, 0.29) is 0 Å². The summed E-state index contributed by atoms with van der Waals surface area (Å²) < 4.78 is 0. The second-order valence-electron chi connectivity index (χ2n) is 4.54. The molecular weight excluding hydrogens is 262 g/mol. The molecule has 1 N–H and O–H groups in total. The van der Waals surface area contributed by atoms with E-state index in [1.165, 1.54) is 0 Å². The van der Waals surface area contributed by atoms with Gasteiger partial charge in [0.15, 0.2) is 0 Å². The Labute approximate surface area is 117 Å². The lowest BCUT2D eigenvalue weighted by atomic mass is 10.3. The zero-order valence-corrected chi connectivity index (χ0v) is 11.9. The minimum absolute atomic E-state index is 0.864. The number of thiazole rings is 1. The van der Waals surface area contributed by atoms with Crippen LogP contribution in [0.3, 0.4) is 0 Å². The fourth-order valence-electron chi connectivity index (χ4n) is 2.08. The third-order valence-corrected chi connectivity index (χ3v) is 4.18. The number of rotatable bonds is 5. The van der Waals surface area contributed by atoms with Gasteiger partial charge in [-0.2, -0.15) is 0 Å². The van der Waals surface area contributed by atoms with Gasteiger partial charge >= 0.3 is 5.97 Å². The Morgan fingerprint density at radius 3 is 2.74 bits per heavy atom. The Kier molecular flexibility index (Phi) is 5.07. The van der Waals surface area contributed by atoms with E-state index in [4.69, 9.17) is 5.11 Å². The molecule has 2 rings (SSSR count). The average molecular weight is 281 g/mol. The molecule has 0 amide bonds. The van der Waals surface area contributed by atoms with Gasteiger partial charge in [0.25, 0.3) is 0 Å². The van der Waals surface area contributed by atoms with Gasteiger partial charge in [-0.3, -0.25) is 4.90 Å². The first-order valence-electron chi connectivity index (χ1n) is 6.48. The average Bonchev–Trinajstić information content (AvgIpc) is 2.85. The molecule has 6 heteroatoms. The van der Waals surface area contributed by atoms with Gasteiger partial charge in [0.05, 0.1) is 6.54 Å². The molecule has 0 atom stereocenters. The molecule has 1 aliphatic rings. The molecule has 5 nitrogen and oxygen atoms in total. The molecule has 0 unspecified atom stereocenters. The fraction of sp³-hybridized carbons (Fsp3) is 0.538. The smallest absolute Gasteiger partial charge is 0.328 e. The summed E-state index contributed by atoms with van der Waals surface area (Å²) in [7, 11) is 0. The van der Waals surface area contributed by atoms with Gasteiger partial charge in [-0.05, 0) is 12.6 Å². The number of piperazine rings is 1. The van der Waals surface area contributed by atoms with Gasteiger partial charge in [0.2, 0.25) is 0 Å². The molecular formula is C13H19N3O2S. The van der Waals surface area contributed by atoms with E-state index in [0.717, 1.165) is 55.2 Å². The number of hydrogen-bond acceptors (Lipinski definition) is 5. The predicted octanol–water partition coefficient (Wildman–Crippen LogP) is 1.38. The van der Waals surface area contributed by atoms with Crippen LogP contribution in [0.2, 0.25) is 0 Å². The van der Waals surface area contributed by atoms with Crippen molar-refractivity contribution in [2.75, 3.05) is 32.7 Å². The van der Waals surface area contributed by atoms with Crippen molar-refractivity contribution >= 4 is 23.4 Å². The third kappa shape index (κ3) is 4.41. The van der Waals surface area contributed by atoms with Crippen LogP contribution in [-0.4, -0.2) is 58.6 Å². The minimum Gasteiger partial charge on any atom is -0.478 e. The minimum atomic E-state index is -0.925. The second kappa shape index (κ2) is 6.79. The molecule has 0 aromatic carbocycles. The van der Waals surface area contributed by atoms with Crippen molar-refractivity contribution in [1.29, 1.82) is 0 Å². The maximum absolute atomic E-state index is 10.4. The molecule has 0 spiro atoms. The first-order valence-corrected chi connectivity index (χ1v) is 7.29. The van der Waals surface area contributed by atoms with E-state index >= 15 is 0 Å². The Morgan fingerprint density at radius 1 is 1.42 bits per heavy atom. The van der Waals surface area contributed by atoms with Crippen LogP contribution in [0, 0.1) is 0 Å². The van der Waals surface area contributed by atoms with Crippen LogP contribution in [0.4, 0.5) is 0 Å². The van der Waals surface area contributed by atoms with Gasteiger partial charge in [-0.25, -0.2) is 9.78 Å². The van der Waals surface area contributed by atoms with E-state index in [0.29, 0.717) is 0 Å². The summed E-state index contributed by atoms with van der Waals surface area (Å²) in [4.78, 5) is 20.5. The number of aromatic nitrogens is 1. The highest BCUT2D eigenvalue weighted by molar-refractivity contribution is 7.12.